The Labute approximate surface area is 165 Å². The van der Waals surface area contributed by atoms with Gasteiger partial charge in [-0.2, -0.15) is 0 Å². The monoisotopic (exact) mass is 387 g/mol. The molecular formula is C21H29N3O4. The Kier molecular flexibility index (Phi) is 6.44. The van der Waals surface area contributed by atoms with Crippen LogP contribution in [-0.4, -0.2) is 53.8 Å². The first kappa shape index (κ1) is 20.0. The Balaban J connectivity index is 1.50. The summed E-state index contributed by atoms with van der Waals surface area (Å²) < 4.78 is 13.0. The second kappa shape index (κ2) is 8.99. The Hall–Kier alpha value is -2.70. The van der Waals surface area contributed by atoms with Crippen LogP contribution in [0.4, 0.5) is 4.79 Å². The van der Waals surface area contributed by atoms with Crippen molar-refractivity contribution in [3.8, 4) is 5.75 Å². The number of carbonyl (C=O) groups excluding carboxylic acids is 2. The molecule has 1 fully saturated rings. The average molecular weight is 387 g/mol. The number of ether oxygens (including phenoxy) is 2. The predicted molar refractivity (Wildman–Crippen MR) is 108 cm³/mol. The van der Waals surface area contributed by atoms with Crippen LogP contribution in [-0.2, 0) is 9.53 Å². The van der Waals surface area contributed by atoms with Crippen molar-refractivity contribution in [2.45, 2.75) is 45.7 Å². The summed E-state index contributed by atoms with van der Waals surface area (Å²) in [5, 5.41) is 4.01. The second-order valence-corrected chi connectivity index (χ2v) is 7.32. The van der Waals surface area contributed by atoms with Crippen LogP contribution in [0.2, 0.25) is 0 Å². The van der Waals surface area contributed by atoms with E-state index in [2.05, 4.69) is 29.8 Å². The highest BCUT2D eigenvalue weighted by Crippen LogP contribution is 2.28. The van der Waals surface area contributed by atoms with Crippen molar-refractivity contribution in [1.82, 2.24) is 14.8 Å². The van der Waals surface area contributed by atoms with E-state index < -0.39 is 0 Å². The van der Waals surface area contributed by atoms with Crippen molar-refractivity contribution in [2.75, 3.05) is 26.3 Å². The zero-order chi connectivity index (χ0) is 20.1. The fourth-order valence-corrected chi connectivity index (χ4v) is 3.57. The fourth-order valence-electron chi connectivity index (χ4n) is 3.57. The SMILES string of the molecule is CCOC(=O)N1CCC(NC(=O)COc2cccc3c2ccn3C(C)C)CC1. The van der Waals surface area contributed by atoms with Gasteiger partial charge in [-0.25, -0.2) is 4.79 Å². The molecule has 0 unspecified atom stereocenters. The van der Waals surface area contributed by atoms with Crippen LogP contribution in [0.15, 0.2) is 30.5 Å². The predicted octanol–water partition coefficient (Wildman–Crippen LogP) is 3.34. The van der Waals surface area contributed by atoms with Crippen LogP contribution < -0.4 is 10.1 Å². The molecule has 152 valence electrons. The number of aromatic nitrogens is 1. The van der Waals surface area contributed by atoms with E-state index in [1.54, 1.807) is 11.8 Å². The first-order valence-corrected chi connectivity index (χ1v) is 9.93. The molecule has 1 N–H and O–H groups in total. The highest BCUT2D eigenvalue weighted by atomic mass is 16.6. The number of likely N-dealkylation sites (tertiary alicyclic amines) is 1. The number of amides is 2. The molecule has 2 aromatic rings. The van der Waals surface area contributed by atoms with Gasteiger partial charge < -0.3 is 24.3 Å². The van der Waals surface area contributed by atoms with Gasteiger partial charge in [0.2, 0.25) is 0 Å². The summed E-state index contributed by atoms with van der Waals surface area (Å²) in [5.41, 5.74) is 1.10. The molecule has 7 nitrogen and oxygen atoms in total. The zero-order valence-corrected chi connectivity index (χ0v) is 16.8. The summed E-state index contributed by atoms with van der Waals surface area (Å²) in [6, 6.07) is 8.32. The normalized spacial score (nSPS) is 15.1. The van der Waals surface area contributed by atoms with Crippen LogP contribution in [0.1, 0.15) is 39.7 Å². The van der Waals surface area contributed by atoms with Gasteiger partial charge in [-0.3, -0.25) is 4.79 Å². The lowest BCUT2D eigenvalue weighted by atomic mass is 10.1. The van der Waals surface area contributed by atoms with E-state index in [1.807, 2.05) is 24.4 Å². The Bertz CT molecular complexity index is 822. The van der Waals surface area contributed by atoms with E-state index in [0.29, 0.717) is 31.5 Å². The third-order valence-corrected chi connectivity index (χ3v) is 5.02. The summed E-state index contributed by atoms with van der Waals surface area (Å²) in [7, 11) is 0. The van der Waals surface area contributed by atoms with Crippen molar-refractivity contribution in [1.29, 1.82) is 0 Å². The van der Waals surface area contributed by atoms with Gasteiger partial charge in [0.05, 0.1) is 12.1 Å². The number of nitrogens with zero attached hydrogens (tertiary/aromatic N) is 2. The molecule has 1 aromatic heterocycles. The molecule has 0 radical (unpaired) electrons. The summed E-state index contributed by atoms with van der Waals surface area (Å²) >= 11 is 0. The summed E-state index contributed by atoms with van der Waals surface area (Å²) in [5.74, 6) is 0.569. The average Bonchev–Trinajstić information content (AvgIpc) is 3.12. The van der Waals surface area contributed by atoms with Crippen molar-refractivity contribution in [3.05, 3.63) is 30.5 Å². The molecule has 2 amide bonds. The van der Waals surface area contributed by atoms with E-state index in [9.17, 15) is 9.59 Å². The topological polar surface area (TPSA) is 72.8 Å². The highest BCUT2D eigenvalue weighted by Gasteiger charge is 2.24. The number of carbonyl (C=O) groups is 2. The molecule has 3 rings (SSSR count). The van der Waals surface area contributed by atoms with Gasteiger partial charge in [0.25, 0.3) is 5.91 Å². The van der Waals surface area contributed by atoms with Gasteiger partial charge in [0.15, 0.2) is 6.61 Å². The molecule has 0 bridgehead atoms. The smallest absolute Gasteiger partial charge is 0.409 e. The quantitative estimate of drug-likeness (QED) is 0.825. The summed E-state index contributed by atoms with van der Waals surface area (Å²) in [6.07, 6.45) is 3.20. The van der Waals surface area contributed by atoms with E-state index in [0.717, 1.165) is 23.7 Å². The molecule has 1 saturated heterocycles. The fraction of sp³-hybridized carbons (Fsp3) is 0.524. The molecule has 2 heterocycles. The Morgan fingerprint density at radius 2 is 1.96 bits per heavy atom. The molecule has 0 saturated carbocycles. The minimum absolute atomic E-state index is 0.0237. The van der Waals surface area contributed by atoms with Gasteiger partial charge in [0, 0.05) is 36.8 Å². The first-order chi connectivity index (χ1) is 13.5. The highest BCUT2D eigenvalue weighted by molar-refractivity contribution is 5.87. The number of benzene rings is 1. The van der Waals surface area contributed by atoms with E-state index in [-0.39, 0.29) is 24.6 Å². The zero-order valence-electron chi connectivity index (χ0n) is 16.8. The third-order valence-electron chi connectivity index (χ3n) is 5.02. The number of nitrogens with one attached hydrogen (secondary N) is 1. The second-order valence-electron chi connectivity index (χ2n) is 7.32. The molecule has 28 heavy (non-hydrogen) atoms. The maximum absolute atomic E-state index is 12.3. The summed E-state index contributed by atoms with van der Waals surface area (Å²) in [4.78, 5) is 25.7. The first-order valence-electron chi connectivity index (χ1n) is 9.93. The van der Waals surface area contributed by atoms with Crippen LogP contribution in [0, 0.1) is 0 Å². The summed E-state index contributed by atoms with van der Waals surface area (Å²) in [6.45, 7) is 7.59. The van der Waals surface area contributed by atoms with Gasteiger partial charge in [-0.05, 0) is 51.8 Å². The minimum atomic E-state index is -0.281. The molecule has 7 heteroatoms. The third kappa shape index (κ3) is 4.58. The number of piperidine rings is 1. The minimum Gasteiger partial charge on any atom is -0.483 e. The number of fused-ring (bicyclic) bond motifs is 1. The molecule has 1 aliphatic rings. The molecule has 0 atom stereocenters. The molecule has 1 aliphatic heterocycles. The molecule has 1 aromatic carbocycles. The van der Waals surface area contributed by atoms with Crippen LogP contribution in [0.3, 0.4) is 0 Å². The van der Waals surface area contributed by atoms with Crippen LogP contribution >= 0.6 is 0 Å². The largest absolute Gasteiger partial charge is 0.483 e. The van der Waals surface area contributed by atoms with Gasteiger partial charge in [0.1, 0.15) is 5.75 Å². The maximum Gasteiger partial charge on any atom is 0.409 e. The van der Waals surface area contributed by atoms with E-state index >= 15 is 0 Å². The maximum atomic E-state index is 12.3. The van der Waals surface area contributed by atoms with Crippen molar-refractivity contribution in [3.63, 3.8) is 0 Å². The van der Waals surface area contributed by atoms with E-state index in [4.69, 9.17) is 9.47 Å². The number of hydrogen-bond donors (Lipinski definition) is 1. The van der Waals surface area contributed by atoms with Gasteiger partial charge in [-0.1, -0.05) is 6.07 Å². The lowest BCUT2D eigenvalue weighted by molar-refractivity contribution is -0.124. The Morgan fingerprint density at radius 1 is 1.21 bits per heavy atom. The lowest BCUT2D eigenvalue weighted by Crippen LogP contribution is -2.47. The number of rotatable bonds is 6. The van der Waals surface area contributed by atoms with Crippen molar-refractivity contribution < 1.29 is 19.1 Å². The molecule has 0 spiro atoms. The van der Waals surface area contributed by atoms with Gasteiger partial charge in [-0.15, -0.1) is 0 Å². The van der Waals surface area contributed by atoms with Crippen molar-refractivity contribution in [2.24, 2.45) is 0 Å². The number of hydrogen-bond acceptors (Lipinski definition) is 4. The van der Waals surface area contributed by atoms with Crippen LogP contribution in [0.5, 0.6) is 5.75 Å². The standard InChI is InChI=1S/C21H29N3O4/c1-4-27-21(26)23-11-8-16(9-12-23)22-20(25)14-28-19-7-5-6-18-17(19)10-13-24(18)15(2)3/h5-7,10,13,15-16H,4,8-9,11-12,14H2,1-3H3,(H,22,25). The van der Waals surface area contributed by atoms with Crippen LogP contribution in [0.25, 0.3) is 10.9 Å². The van der Waals surface area contributed by atoms with Crippen molar-refractivity contribution >= 4 is 22.9 Å². The van der Waals surface area contributed by atoms with Gasteiger partial charge >= 0.3 is 6.09 Å². The van der Waals surface area contributed by atoms with E-state index in [1.165, 1.54) is 0 Å². The Morgan fingerprint density at radius 3 is 2.64 bits per heavy atom. The lowest BCUT2D eigenvalue weighted by Gasteiger charge is -2.31. The molecular weight excluding hydrogens is 358 g/mol. The molecule has 0 aliphatic carbocycles.